The van der Waals surface area contributed by atoms with E-state index in [2.05, 4.69) is 49.1 Å². The molecule has 5 heteroatoms. The Morgan fingerprint density at radius 2 is 1.62 bits per heavy atom. The quantitative estimate of drug-likeness (QED) is 0.463. The zero-order chi connectivity index (χ0) is 23.9. The molecule has 1 aliphatic heterocycles. The average molecular weight is 459 g/mol. The van der Waals surface area contributed by atoms with Crippen LogP contribution in [-0.2, 0) is 13.2 Å². The van der Waals surface area contributed by atoms with Crippen LogP contribution in [0.15, 0.2) is 66.7 Å². The van der Waals surface area contributed by atoms with Crippen LogP contribution in [0.3, 0.4) is 0 Å². The Balaban J connectivity index is 1.41. The van der Waals surface area contributed by atoms with Gasteiger partial charge in [0.2, 0.25) is 0 Å². The number of rotatable bonds is 8. The number of piperazine rings is 1. The van der Waals surface area contributed by atoms with Crippen molar-refractivity contribution >= 4 is 5.91 Å². The number of benzene rings is 3. The standard InChI is InChI=1S/C29H34N2O3/c1-4-33-28-13-11-25(19-26(28)21-34-27-12-10-22(2)23(3)18-27)29(32)31-16-14-30(15-17-31)20-24-8-6-5-7-9-24/h5-13,18-19H,4,14-17,20-21H2,1-3H3. The van der Waals surface area contributed by atoms with Gasteiger partial charge in [0, 0.05) is 43.9 Å². The van der Waals surface area contributed by atoms with Gasteiger partial charge in [0.15, 0.2) is 0 Å². The summed E-state index contributed by atoms with van der Waals surface area (Å²) in [4.78, 5) is 17.6. The van der Waals surface area contributed by atoms with E-state index >= 15 is 0 Å². The summed E-state index contributed by atoms with van der Waals surface area (Å²) in [5.74, 6) is 1.64. The van der Waals surface area contributed by atoms with Crippen LogP contribution in [0.1, 0.15) is 39.5 Å². The Morgan fingerprint density at radius 1 is 0.853 bits per heavy atom. The molecule has 0 radical (unpaired) electrons. The van der Waals surface area contributed by atoms with E-state index in [0.717, 1.165) is 49.8 Å². The molecule has 0 N–H and O–H groups in total. The van der Waals surface area contributed by atoms with Crippen LogP contribution in [0.4, 0.5) is 0 Å². The molecule has 34 heavy (non-hydrogen) atoms. The summed E-state index contributed by atoms with van der Waals surface area (Å²) in [7, 11) is 0. The molecule has 0 bridgehead atoms. The average Bonchev–Trinajstić information content (AvgIpc) is 2.86. The maximum atomic E-state index is 13.3. The van der Waals surface area contributed by atoms with Gasteiger partial charge in [-0.1, -0.05) is 36.4 Å². The molecule has 0 unspecified atom stereocenters. The fourth-order valence-corrected chi connectivity index (χ4v) is 4.22. The van der Waals surface area contributed by atoms with Crippen molar-refractivity contribution < 1.29 is 14.3 Å². The van der Waals surface area contributed by atoms with E-state index in [1.807, 2.05) is 48.2 Å². The molecule has 5 nitrogen and oxygen atoms in total. The fourth-order valence-electron chi connectivity index (χ4n) is 4.22. The van der Waals surface area contributed by atoms with Crippen LogP contribution in [0.25, 0.3) is 0 Å². The number of nitrogens with zero attached hydrogens (tertiary/aromatic N) is 2. The van der Waals surface area contributed by atoms with E-state index in [-0.39, 0.29) is 5.91 Å². The SMILES string of the molecule is CCOc1ccc(C(=O)N2CCN(Cc3ccccc3)CC2)cc1COc1ccc(C)c(C)c1. The zero-order valence-electron chi connectivity index (χ0n) is 20.4. The number of ether oxygens (including phenoxy) is 2. The van der Waals surface area contributed by atoms with Crippen LogP contribution in [0.2, 0.25) is 0 Å². The van der Waals surface area contributed by atoms with Crippen molar-refractivity contribution in [1.29, 1.82) is 0 Å². The summed E-state index contributed by atoms with van der Waals surface area (Å²) < 4.78 is 11.9. The molecule has 178 valence electrons. The Labute approximate surface area is 202 Å². The van der Waals surface area contributed by atoms with E-state index < -0.39 is 0 Å². The summed E-state index contributed by atoms with van der Waals surface area (Å²) in [5, 5.41) is 0. The third-order valence-corrected chi connectivity index (χ3v) is 6.39. The monoisotopic (exact) mass is 458 g/mol. The van der Waals surface area contributed by atoms with E-state index in [4.69, 9.17) is 9.47 Å². The van der Waals surface area contributed by atoms with Gasteiger partial charge >= 0.3 is 0 Å². The van der Waals surface area contributed by atoms with Crippen molar-refractivity contribution in [3.05, 3.63) is 94.5 Å². The molecule has 1 saturated heterocycles. The van der Waals surface area contributed by atoms with Crippen LogP contribution in [0, 0.1) is 13.8 Å². The Kier molecular flexibility index (Phi) is 7.86. The third-order valence-electron chi connectivity index (χ3n) is 6.39. The van der Waals surface area contributed by atoms with E-state index in [1.54, 1.807) is 0 Å². The molecule has 4 rings (SSSR count). The van der Waals surface area contributed by atoms with Crippen molar-refractivity contribution in [3.63, 3.8) is 0 Å². The van der Waals surface area contributed by atoms with Crippen molar-refractivity contribution in [2.45, 2.75) is 33.9 Å². The zero-order valence-corrected chi connectivity index (χ0v) is 20.4. The fraction of sp³-hybridized carbons (Fsp3) is 0.345. The Bertz CT molecular complexity index is 1110. The van der Waals surface area contributed by atoms with Crippen LogP contribution in [-0.4, -0.2) is 48.5 Å². The first-order chi connectivity index (χ1) is 16.5. The summed E-state index contributed by atoms with van der Waals surface area (Å²) in [5.41, 5.74) is 5.30. The number of hydrogen-bond acceptors (Lipinski definition) is 4. The molecule has 0 saturated carbocycles. The normalized spacial score (nSPS) is 14.1. The second kappa shape index (κ2) is 11.2. The lowest BCUT2D eigenvalue weighted by atomic mass is 10.1. The summed E-state index contributed by atoms with van der Waals surface area (Å²) >= 11 is 0. The van der Waals surface area contributed by atoms with Gasteiger partial charge in [-0.15, -0.1) is 0 Å². The maximum absolute atomic E-state index is 13.3. The van der Waals surface area contributed by atoms with E-state index in [1.165, 1.54) is 16.7 Å². The summed E-state index contributed by atoms with van der Waals surface area (Å²) in [6.07, 6.45) is 0. The first kappa shape index (κ1) is 23.8. The first-order valence-electron chi connectivity index (χ1n) is 12.0. The smallest absolute Gasteiger partial charge is 0.253 e. The topological polar surface area (TPSA) is 42.0 Å². The van der Waals surface area contributed by atoms with Gasteiger partial charge in [-0.25, -0.2) is 0 Å². The summed E-state index contributed by atoms with van der Waals surface area (Å²) in [6.45, 7) is 11.2. The molecule has 3 aromatic carbocycles. The molecule has 0 atom stereocenters. The van der Waals surface area contributed by atoms with Crippen molar-refractivity contribution in [2.24, 2.45) is 0 Å². The van der Waals surface area contributed by atoms with E-state index in [0.29, 0.717) is 18.8 Å². The van der Waals surface area contributed by atoms with Gasteiger partial charge < -0.3 is 14.4 Å². The number of amides is 1. The molecule has 0 spiro atoms. The van der Waals surface area contributed by atoms with Crippen molar-refractivity contribution in [1.82, 2.24) is 9.80 Å². The van der Waals surface area contributed by atoms with Crippen LogP contribution in [0.5, 0.6) is 11.5 Å². The molecule has 3 aromatic rings. The van der Waals surface area contributed by atoms with Gasteiger partial charge in [-0.2, -0.15) is 0 Å². The van der Waals surface area contributed by atoms with Gasteiger partial charge in [-0.3, -0.25) is 9.69 Å². The Morgan fingerprint density at radius 3 is 2.32 bits per heavy atom. The molecule has 0 aromatic heterocycles. The highest BCUT2D eigenvalue weighted by Gasteiger charge is 2.23. The molecule has 1 heterocycles. The molecule has 1 fully saturated rings. The predicted octanol–water partition coefficient (Wildman–Crippen LogP) is 5.24. The van der Waals surface area contributed by atoms with Crippen molar-refractivity contribution in [2.75, 3.05) is 32.8 Å². The van der Waals surface area contributed by atoms with Crippen LogP contribution >= 0.6 is 0 Å². The van der Waals surface area contributed by atoms with Crippen molar-refractivity contribution in [3.8, 4) is 11.5 Å². The highest BCUT2D eigenvalue weighted by molar-refractivity contribution is 5.94. The summed E-state index contributed by atoms with van der Waals surface area (Å²) in [6, 6.07) is 22.2. The highest BCUT2D eigenvalue weighted by Crippen LogP contribution is 2.25. The lowest BCUT2D eigenvalue weighted by Gasteiger charge is -2.35. The maximum Gasteiger partial charge on any atom is 0.253 e. The molecular formula is C29H34N2O3. The molecule has 0 aliphatic carbocycles. The molecule has 1 amide bonds. The van der Waals surface area contributed by atoms with E-state index in [9.17, 15) is 4.79 Å². The number of carbonyl (C=O) groups is 1. The number of hydrogen-bond donors (Lipinski definition) is 0. The lowest BCUT2D eigenvalue weighted by molar-refractivity contribution is 0.0628. The lowest BCUT2D eigenvalue weighted by Crippen LogP contribution is -2.48. The first-order valence-corrected chi connectivity index (χ1v) is 12.0. The van der Waals surface area contributed by atoms with Crippen LogP contribution < -0.4 is 9.47 Å². The van der Waals surface area contributed by atoms with Gasteiger partial charge in [0.1, 0.15) is 18.1 Å². The van der Waals surface area contributed by atoms with Gasteiger partial charge in [0.25, 0.3) is 5.91 Å². The molecular weight excluding hydrogens is 424 g/mol. The predicted molar refractivity (Wildman–Crippen MR) is 135 cm³/mol. The van der Waals surface area contributed by atoms with Gasteiger partial charge in [0.05, 0.1) is 6.61 Å². The molecule has 1 aliphatic rings. The highest BCUT2D eigenvalue weighted by atomic mass is 16.5. The minimum Gasteiger partial charge on any atom is -0.493 e. The largest absolute Gasteiger partial charge is 0.493 e. The van der Waals surface area contributed by atoms with Gasteiger partial charge in [-0.05, 0) is 67.8 Å². The number of carbonyl (C=O) groups excluding carboxylic acids is 1. The number of aryl methyl sites for hydroxylation is 2. The second-order valence-corrected chi connectivity index (χ2v) is 8.84. The second-order valence-electron chi connectivity index (χ2n) is 8.84. The Hall–Kier alpha value is -3.31. The minimum absolute atomic E-state index is 0.0647. The minimum atomic E-state index is 0.0647. The third kappa shape index (κ3) is 5.97.